The first-order valence-corrected chi connectivity index (χ1v) is 8.85. The van der Waals surface area contributed by atoms with Crippen LogP contribution in [0.3, 0.4) is 0 Å². The van der Waals surface area contributed by atoms with Crippen LogP contribution in [0.15, 0.2) is 0 Å². The number of aliphatic hydroxyl groups is 2. The van der Waals surface area contributed by atoms with Gasteiger partial charge in [0.05, 0.1) is 42.3 Å². The van der Waals surface area contributed by atoms with Crippen molar-refractivity contribution in [3.05, 3.63) is 0 Å². The standard InChI is InChI=1S/2C6H15ClNO.H2O4S/c2*1-5(9)6(7)8(2,3)4;1-5(2,3)4/h2*5-6,9H,1-4H3;(H2,1,2,3,4)/q2*+1;/p-2. The lowest BCUT2D eigenvalue weighted by Crippen LogP contribution is -2.47. The van der Waals surface area contributed by atoms with Crippen LogP contribution < -0.4 is 0 Å². The van der Waals surface area contributed by atoms with E-state index in [9.17, 15) is 0 Å². The largest absolute Gasteiger partial charge is 0.759 e. The minimum atomic E-state index is -5.17. The Kier molecular flexibility index (Phi) is 13.5. The van der Waals surface area contributed by atoms with Crippen LogP contribution in [0.4, 0.5) is 0 Å². The SMILES string of the molecule is CC(O)C(Cl)[N+](C)(C)C.CC(O)C(Cl)[N+](C)(C)C.O=S(=O)([O-])[O-]. The smallest absolute Gasteiger partial charge is 0.190 e. The molecule has 0 bridgehead atoms. The number of halogens is 2. The van der Waals surface area contributed by atoms with E-state index in [0.717, 1.165) is 0 Å². The zero-order valence-electron chi connectivity index (χ0n) is 14.9. The molecule has 0 aromatic carbocycles. The summed E-state index contributed by atoms with van der Waals surface area (Å²) < 4.78 is 35.2. The highest BCUT2D eigenvalue weighted by Crippen LogP contribution is 2.12. The fraction of sp³-hybridized carbons (Fsp3) is 1.00. The molecule has 0 heterocycles. The molecule has 0 amide bonds. The van der Waals surface area contributed by atoms with Gasteiger partial charge in [-0.1, -0.05) is 23.2 Å². The molecule has 0 saturated carbocycles. The number of nitrogens with zero attached hydrogens (tertiary/aromatic N) is 2. The summed E-state index contributed by atoms with van der Waals surface area (Å²) in [4.78, 5) is 0. The summed E-state index contributed by atoms with van der Waals surface area (Å²) in [5, 5.41) is 18.0. The number of quaternary nitrogens is 2. The van der Waals surface area contributed by atoms with Crippen LogP contribution in [0, 0.1) is 0 Å². The van der Waals surface area contributed by atoms with Gasteiger partial charge < -0.3 is 28.3 Å². The van der Waals surface area contributed by atoms with Crippen LogP contribution >= 0.6 is 23.2 Å². The molecule has 0 aliphatic heterocycles. The van der Waals surface area contributed by atoms with E-state index in [0.29, 0.717) is 8.97 Å². The maximum Gasteiger partial charge on any atom is 0.190 e. The summed E-state index contributed by atoms with van der Waals surface area (Å²) >= 11 is 11.6. The summed E-state index contributed by atoms with van der Waals surface area (Å²) in [6.07, 6.45) is -0.904. The maximum absolute atomic E-state index is 9.01. The highest BCUT2D eigenvalue weighted by molar-refractivity contribution is 7.79. The first-order valence-electron chi connectivity index (χ1n) is 6.64. The van der Waals surface area contributed by atoms with Gasteiger partial charge in [-0.2, -0.15) is 0 Å². The van der Waals surface area contributed by atoms with E-state index in [1.165, 1.54) is 0 Å². The summed E-state index contributed by atoms with van der Waals surface area (Å²) in [5.74, 6) is 0. The quantitative estimate of drug-likeness (QED) is 0.224. The van der Waals surface area contributed by atoms with Gasteiger partial charge in [-0.15, -0.1) is 0 Å². The van der Waals surface area contributed by atoms with E-state index in [2.05, 4.69) is 0 Å². The van der Waals surface area contributed by atoms with Gasteiger partial charge in [0.2, 0.25) is 0 Å². The monoisotopic (exact) mass is 400 g/mol. The molecule has 0 aromatic rings. The molecule has 11 heteroatoms. The highest BCUT2D eigenvalue weighted by Gasteiger charge is 2.25. The Balaban J connectivity index is -0.000000273. The van der Waals surface area contributed by atoms with Crippen LogP contribution in [-0.2, 0) is 10.4 Å². The third-order valence-electron chi connectivity index (χ3n) is 2.28. The first-order chi connectivity index (χ1) is 9.71. The molecular weight excluding hydrogens is 371 g/mol. The van der Waals surface area contributed by atoms with Gasteiger partial charge in [-0.3, -0.25) is 8.42 Å². The Labute approximate surface area is 150 Å². The summed E-state index contributed by atoms with van der Waals surface area (Å²) in [6.45, 7) is 3.39. The molecule has 2 N–H and O–H groups in total. The first kappa shape index (κ1) is 28.1. The zero-order chi connectivity index (χ0) is 19.8. The van der Waals surface area contributed by atoms with E-state index in [1.54, 1.807) is 13.8 Å². The Morgan fingerprint density at radius 3 is 0.913 bits per heavy atom. The van der Waals surface area contributed by atoms with Crippen LogP contribution in [0.2, 0.25) is 0 Å². The van der Waals surface area contributed by atoms with Gasteiger partial charge in [0.1, 0.15) is 12.2 Å². The van der Waals surface area contributed by atoms with E-state index < -0.39 is 22.6 Å². The van der Waals surface area contributed by atoms with Crippen molar-refractivity contribution in [1.82, 2.24) is 0 Å². The van der Waals surface area contributed by atoms with Crippen LogP contribution in [0.25, 0.3) is 0 Å². The molecule has 0 saturated heterocycles. The summed E-state index contributed by atoms with van der Waals surface area (Å²) in [5.41, 5.74) is -0.435. The fourth-order valence-electron chi connectivity index (χ4n) is 1.29. The fourth-order valence-corrected chi connectivity index (χ4v) is 1.29. The lowest BCUT2D eigenvalue weighted by molar-refractivity contribution is -0.885. The minimum Gasteiger partial charge on any atom is -0.759 e. The van der Waals surface area contributed by atoms with E-state index in [1.807, 2.05) is 42.3 Å². The Hall–Kier alpha value is 0.290. The van der Waals surface area contributed by atoms with Gasteiger partial charge >= 0.3 is 0 Å². The molecule has 0 aromatic heterocycles. The molecule has 23 heavy (non-hydrogen) atoms. The predicted molar refractivity (Wildman–Crippen MR) is 89.2 cm³/mol. The highest BCUT2D eigenvalue weighted by atomic mass is 35.5. The average molecular weight is 401 g/mol. The molecule has 0 aliphatic rings. The third-order valence-corrected chi connectivity index (χ3v) is 4.18. The van der Waals surface area contributed by atoms with Gasteiger partial charge in [-0.25, -0.2) is 0 Å². The normalized spacial score (nSPS) is 17.7. The van der Waals surface area contributed by atoms with Crippen LogP contribution in [0.1, 0.15) is 13.8 Å². The van der Waals surface area contributed by atoms with Crippen LogP contribution in [-0.4, -0.2) is 102 Å². The van der Waals surface area contributed by atoms with Crippen molar-refractivity contribution in [1.29, 1.82) is 0 Å². The van der Waals surface area contributed by atoms with Crippen molar-refractivity contribution in [3.63, 3.8) is 0 Å². The van der Waals surface area contributed by atoms with Crippen molar-refractivity contribution in [2.24, 2.45) is 0 Å². The third kappa shape index (κ3) is 22.3. The van der Waals surface area contributed by atoms with Gasteiger partial charge in [0.15, 0.2) is 11.0 Å². The van der Waals surface area contributed by atoms with Crippen molar-refractivity contribution in [3.8, 4) is 0 Å². The van der Waals surface area contributed by atoms with Crippen molar-refractivity contribution >= 4 is 33.6 Å². The number of hydrogen-bond acceptors (Lipinski definition) is 6. The van der Waals surface area contributed by atoms with E-state index in [-0.39, 0.29) is 11.0 Å². The molecule has 0 radical (unpaired) electrons. The minimum absolute atomic E-state index is 0.218. The Morgan fingerprint density at radius 2 is 0.913 bits per heavy atom. The van der Waals surface area contributed by atoms with Gasteiger partial charge in [0.25, 0.3) is 0 Å². The molecule has 4 atom stereocenters. The molecular formula is C12H30Cl2N2O6S. The molecule has 0 aliphatic carbocycles. The molecule has 0 spiro atoms. The van der Waals surface area contributed by atoms with Crippen molar-refractivity contribution in [2.45, 2.75) is 37.1 Å². The predicted octanol–water partition coefficient (Wildman–Crippen LogP) is -0.0614. The zero-order valence-corrected chi connectivity index (χ0v) is 17.2. The average Bonchev–Trinajstić information content (AvgIpc) is 2.22. The van der Waals surface area contributed by atoms with Crippen molar-refractivity contribution in [2.75, 3.05) is 42.3 Å². The molecule has 144 valence electrons. The number of alkyl halides is 2. The number of aliphatic hydroxyl groups excluding tert-OH is 2. The summed E-state index contributed by atoms with van der Waals surface area (Å²) in [6, 6.07) is 0. The second-order valence-electron chi connectivity index (χ2n) is 6.87. The lowest BCUT2D eigenvalue weighted by atomic mass is 10.3. The Bertz CT molecular complexity index is 373. The number of likely N-dealkylation sites (N-methyl/N-ethyl adjacent to an activating group) is 2. The van der Waals surface area contributed by atoms with Crippen LogP contribution in [0.5, 0.6) is 0 Å². The van der Waals surface area contributed by atoms with E-state index in [4.69, 9.17) is 50.9 Å². The molecule has 0 rings (SSSR count). The summed E-state index contributed by atoms with van der Waals surface area (Å²) in [7, 11) is 6.53. The molecule has 0 fully saturated rings. The topological polar surface area (TPSA) is 121 Å². The molecule has 8 nitrogen and oxygen atoms in total. The number of hydrogen-bond donors (Lipinski definition) is 2. The maximum atomic E-state index is 9.01. The van der Waals surface area contributed by atoms with Gasteiger partial charge in [0, 0.05) is 10.4 Å². The van der Waals surface area contributed by atoms with Gasteiger partial charge in [-0.05, 0) is 13.8 Å². The molecule has 4 unspecified atom stereocenters. The second-order valence-corrected chi connectivity index (χ2v) is 8.58. The number of rotatable bonds is 4. The lowest BCUT2D eigenvalue weighted by Gasteiger charge is -2.31. The van der Waals surface area contributed by atoms with Crippen molar-refractivity contribution < 1.29 is 36.7 Å². The Morgan fingerprint density at radius 1 is 0.783 bits per heavy atom. The second kappa shape index (κ2) is 11.0. The van der Waals surface area contributed by atoms with E-state index >= 15 is 0 Å².